The summed E-state index contributed by atoms with van der Waals surface area (Å²) in [5.74, 6) is 0.914. The van der Waals surface area contributed by atoms with Gasteiger partial charge in [-0.25, -0.2) is 0 Å². The molecular weight excluding hydrogens is 250 g/mol. The van der Waals surface area contributed by atoms with E-state index in [1.165, 1.54) is 17.3 Å². The summed E-state index contributed by atoms with van der Waals surface area (Å²) in [6, 6.07) is 8.36. The predicted octanol–water partition coefficient (Wildman–Crippen LogP) is 2.19. The van der Waals surface area contributed by atoms with Crippen molar-refractivity contribution in [2.45, 2.75) is 13.0 Å². The van der Waals surface area contributed by atoms with Crippen LogP contribution in [-0.4, -0.2) is 50.3 Å². The Hall–Kier alpha value is -1.52. The molecule has 0 bridgehead atoms. The molecule has 0 atom stereocenters. The molecule has 0 fully saturated rings. The topological polar surface area (TPSA) is 29.4 Å². The molecule has 0 saturated carbocycles. The zero-order valence-electron chi connectivity index (χ0n) is 12.7. The Morgan fingerprint density at radius 2 is 2.05 bits per heavy atom. The van der Waals surface area contributed by atoms with Gasteiger partial charge in [-0.2, -0.15) is 0 Å². The first-order valence-electron chi connectivity index (χ1n) is 7.19. The van der Waals surface area contributed by atoms with Crippen molar-refractivity contribution >= 4 is 10.9 Å². The average molecular weight is 275 g/mol. The van der Waals surface area contributed by atoms with Gasteiger partial charge < -0.3 is 19.5 Å². The highest BCUT2D eigenvalue weighted by Crippen LogP contribution is 2.21. The van der Waals surface area contributed by atoms with E-state index >= 15 is 0 Å². The molecule has 0 saturated heterocycles. The van der Waals surface area contributed by atoms with E-state index in [4.69, 9.17) is 4.74 Å². The Morgan fingerprint density at radius 1 is 1.20 bits per heavy atom. The normalized spacial score (nSPS) is 11.4. The standard InChI is InChI=1S/C16H25N3O/c1-18(2)10-4-8-17-9-12-19-11-7-14-13-15(20-3)5-6-16(14)19/h5-7,11,13,17H,4,8-10,12H2,1-3H3. The highest BCUT2D eigenvalue weighted by atomic mass is 16.5. The van der Waals surface area contributed by atoms with Gasteiger partial charge in [-0.1, -0.05) is 0 Å². The van der Waals surface area contributed by atoms with E-state index in [1.54, 1.807) is 7.11 Å². The van der Waals surface area contributed by atoms with Crippen molar-refractivity contribution < 1.29 is 4.74 Å². The predicted molar refractivity (Wildman–Crippen MR) is 84.5 cm³/mol. The number of hydrogen-bond donors (Lipinski definition) is 1. The van der Waals surface area contributed by atoms with Crippen LogP contribution in [0.4, 0.5) is 0 Å². The fraction of sp³-hybridized carbons (Fsp3) is 0.500. The zero-order valence-corrected chi connectivity index (χ0v) is 12.7. The first kappa shape index (κ1) is 14.9. The molecule has 1 aromatic carbocycles. The molecule has 0 aliphatic carbocycles. The Morgan fingerprint density at radius 3 is 2.80 bits per heavy atom. The molecule has 1 N–H and O–H groups in total. The van der Waals surface area contributed by atoms with Crippen LogP contribution in [0.5, 0.6) is 5.75 Å². The lowest BCUT2D eigenvalue weighted by atomic mass is 10.2. The van der Waals surface area contributed by atoms with Crippen LogP contribution < -0.4 is 10.1 Å². The van der Waals surface area contributed by atoms with Crippen molar-refractivity contribution in [1.29, 1.82) is 0 Å². The average Bonchev–Trinajstić information content (AvgIpc) is 2.84. The molecule has 4 heteroatoms. The van der Waals surface area contributed by atoms with E-state index in [1.807, 2.05) is 6.07 Å². The minimum Gasteiger partial charge on any atom is -0.497 e. The number of fused-ring (bicyclic) bond motifs is 1. The van der Waals surface area contributed by atoms with Gasteiger partial charge in [0.05, 0.1) is 7.11 Å². The summed E-state index contributed by atoms with van der Waals surface area (Å²) in [5, 5.41) is 4.73. The van der Waals surface area contributed by atoms with Gasteiger partial charge in [0, 0.05) is 30.2 Å². The minimum atomic E-state index is 0.914. The molecule has 0 amide bonds. The number of nitrogens with one attached hydrogen (secondary N) is 1. The van der Waals surface area contributed by atoms with E-state index in [0.29, 0.717) is 0 Å². The lowest BCUT2D eigenvalue weighted by molar-refractivity contribution is 0.393. The molecule has 0 radical (unpaired) electrons. The molecule has 1 heterocycles. The summed E-state index contributed by atoms with van der Waals surface area (Å²) in [6.45, 7) is 4.21. The van der Waals surface area contributed by atoms with Gasteiger partial charge in [-0.15, -0.1) is 0 Å². The van der Waals surface area contributed by atoms with E-state index in [2.05, 4.69) is 53.3 Å². The van der Waals surface area contributed by atoms with Crippen LogP contribution in [0.1, 0.15) is 6.42 Å². The Kier molecular flexibility index (Phi) is 5.44. The van der Waals surface area contributed by atoms with Crippen molar-refractivity contribution in [2.75, 3.05) is 40.8 Å². The van der Waals surface area contributed by atoms with Gasteiger partial charge >= 0.3 is 0 Å². The maximum absolute atomic E-state index is 5.25. The molecule has 2 aromatic rings. The molecule has 0 aliphatic rings. The highest BCUT2D eigenvalue weighted by molar-refractivity contribution is 5.81. The van der Waals surface area contributed by atoms with Gasteiger partial charge in [0.15, 0.2) is 0 Å². The lowest BCUT2D eigenvalue weighted by Crippen LogP contribution is -2.24. The minimum absolute atomic E-state index is 0.914. The van der Waals surface area contributed by atoms with Crippen molar-refractivity contribution in [3.8, 4) is 5.75 Å². The molecule has 110 valence electrons. The van der Waals surface area contributed by atoms with Crippen molar-refractivity contribution in [1.82, 2.24) is 14.8 Å². The smallest absolute Gasteiger partial charge is 0.119 e. The first-order valence-corrected chi connectivity index (χ1v) is 7.19. The number of methoxy groups -OCH3 is 1. The third-order valence-corrected chi connectivity index (χ3v) is 3.47. The van der Waals surface area contributed by atoms with E-state index in [-0.39, 0.29) is 0 Å². The van der Waals surface area contributed by atoms with E-state index in [9.17, 15) is 0 Å². The molecule has 4 nitrogen and oxygen atoms in total. The number of nitrogens with zero attached hydrogens (tertiary/aromatic N) is 2. The number of rotatable bonds is 8. The fourth-order valence-electron chi connectivity index (χ4n) is 2.34. The Bertz CT molecular complexity index is 534. The summed E-state index contributed by atoms with van der Waals surface area (Å²) in [5.41, 5.74) is 1.26. The van der Waals surface area contributed by atoms with Crippen molar-refractivity contribution in [2.24, 2.45) is 0 Å². The number of ether oxygens (including phenoxy) is 1. The van der Waals surface area contributed by atoms with Gasteiger partial charge in [-0.3, -0.25) is 0 Å². The van der Waals surface area contributed by atoms with Crippen molar-refractivity contribution in [3.63, 3.8) is 0 Å². The van der Waals surface area contributed by atoms with Gasteiger partial charge in [0.2, 0.25) is 0 Å². The largest absolute Gasteiger partial charge is 0.497 e. The second kappa shape index (κ2) is 7.31. The van der Waals surface area contributed by atoms with Crippen LogP contribution in [0.3, 0.4) is 0 Å². The third kappa shape index (κ3) is 3.99. The maximum Gasteiger partial charge on any atom is 0.119 e. The van der Waals surface area contributed by atoms with Crippen LogP contribution in [0.2, 0.25) is 0 Å². The lowest BCUT2D eigenvalue weighted by Gasteiger charge is -2.10. The van der Waals surface area contributed by atoms with Gasteiger partial charge in [0.1, 0.15) is 5.75 Å². The van der Waals surface area contributed by atoms with Crippen LogP contribution >= 0.6 is 0 Å². The second-order valence-electron chi connectivity index (χ2n) is 5.34. The van der Waals surface area contributed by atoms with Crippen molar-refractivity contribution in [3.05, 3.63) is 30.5 Å². The van der Waals surface area contributed by atoms with Gasteiger partial charge in [-0.05, 0) is 57.9 Å². The Labute approximate surface area is 121 Å². The first-order chi connectivity index (χ1) is 9.70. The highest BCUT2D eigenvalue weighted by Gasteiger charge is 2.02. The summed E-state index contributed by atoms with van der Waals surface area (Å²) < 4.78 is 7.54. The molecule has 1 aromatic heterocycles. The summed E-state index contributed by atoms with van der Waals surface area (Å²) >= 11 is 0. The monoisotopic (exact) mass is 275 g/mol. The molecular formula is C16H25N3O. The SMILES string of the molecule is COc1ccc2c(ccn2CCNCCCN(C)C)c1. The fourth-order valence-corrected chi connectivity index (χ4v) is 2.34. The van der Waals surface area contributed by atoms with Crippen LogP contribution in [0.25, 0.3) is 10.9 Å². The number of benzene rings is 1. The number of hydrogen-bond acceptors (Lipinski definition) is 3. The van der Waals surface area contributed by atoms with E-state index < -0.39 is 0 Å². The van der Waals surface area contributed by atoms with Crippen LogP contribution in [0.15, 0.2) is 30.5 Å². The molecule has 0 aliphatic heterocycles. The zero-order chi connectivity index (χ0) is 14.4. The summed E-state index contributed by atoms with van der Waals surface area (Å²) in [4.78, 5) is 2.22. The van der Waals surface area contributed by atoms with Crippen LogP contribution in [0, 0.1) is 0 Å². The Balaban J connectivity index is 1.81. The number of aromatic nitrogens is 1. The molecule has 0 spiro atoms. The summed E-state index contributed by atoms with van der Waals surface area (Å²) in [6.07, 6.45) is 3.34. The second-order valence-corrected chi connectivity index (χ2v) is 5.34. The van der Waals surface area contributed by atoms with Gasteiger partial charge in [0.25, 0.3) is 0 Å². The van der Waals surface area contributed by atoms with E-state index in [0.717, 1.165) is 31.9 Å². The molecule has 0 unspecified atom stereocenters. The molecule has 2 rings (SSSR count). The summed E-state index contributed by atoms with van der Waals surface area (Å²) in [7, 11) is 5.93. The van der Waals surface area contributed by atoms with Crippen LogP contribution in [-0.2, 0) is 6.54 Å². The quantitative estimate of drug-likeness (QED) is 0.749. The maximum atomic E-state index is 5.25. The molecule has 20 heavy (non-hydrogen) atoms. The third-order valence-electron chi connectivity index (χ3n) is 3.47.